The van der Waals surface area contributed by atoms with Gasteiger partial charge in [-0.3, -0.25) is 19.2 Å². The van der Waals surface area contributed by atoms with Crippen LogP contribution in [0.25, 0.3) is 0 Å². The molecule has 8 atom stereocenters. The molecule has 0 aromatic rings. The summed E-state index contributed by atoms with van der Waals surface area (Å²) in [5.74, 6) is -0.691. The lowest BCUT2D eigenvalue weighted by Gasteiger charge is -2.12. The molecular formula is C22H28O6. The number of carbonyl (C=O) groups is 4. The van der Waals surface area contributed by atoms with Gasteiger partial charge in [-0.25, -0.2) is 0 Å². The van der Waals surface area contributed by atoms with Crippen molar-refractivity contribution >= 4 is 23.9 Å². The lowest BCUT2D eigenvalue weighted by molar-refractivity contribution is -0.156. The van der Waals surface area contributed by atoms with Gasteiger partial charge >= 0.3 is 23.9 Å². The minimum absolute atomic E-state index is 0.146. The molecule has 2 saturated heterocycles. The molecule has 4 fully saturated rings. The molecule has 2 aliphatic heterocycles. The van der Waals surface area contributed by atoms with Gasteiger partial charge in [0.15, 0.2) is 0 Å². The van der Waals surface area contributed by atoms with E-state index in [-0.39, 0.29) is 71.2 Å². The third-order valence-corrected chi connectivity index (χ3v) is 6.41. The molecule has 6 rings (SSSR count). The number of hydrogen-bond donors (Lipinski definition) is 0. The lowest BCUT2D eigenvalue weighted by atomic mass is 9.85. The van der Waals surface area contributed by atoms with E-state index in [1.165, 1.54) is 0 Å². The molecule has 4 aliphatic carbocycles. The molecule has 2 heterocycles. The van der Waals surface area contributed by atoms with Gasteiger partial charge in [-0.05, 0) is 36.5 Å². The van der Waals surface area contributed by atoms with Crippen LogP contribution in [0.2, 0.25) is 0 Å². The Balaban J connectivity index is 0.000000137. The van der Waals surface area contributed by atoms with Gasteiger partial charge in [-0.15, -0.1) is 0 Å². The van der Waals surface area contributed by atoms with E-state index in [9.17, 15) is 19.2 Å². The molecule has 4 unspecified atom stereocenters. The Kier molecular flexibility index (Phi) is 5.87. The highest BCUT2D eigenvalue weighted by atomic mass is 16.6. The highest BCUT2D eigenvalue weighted by Gasteiger charge is 2.58. The molecule has 6 heteroatoms. The first-order chi connectivity index (χ1) is 13.5. The summed E-state index contributed by atoms with van der Waals surface area (Å²) in [7, 11) is 0. The van der Waals surface area contributed by atoms with Crippen LogP contribution in [0.15, 0.2) is 24.3 Å². The van der Waals surface area contributed by atoms with Crippen molar-refractivity contribution in [2.24, 2.45) is 47.3 Å². The summed E-state index contributed by atoms with van der Waals surface area (Å²) in [6.45, 7) is 8.00. The van der Waals surface area contributed by atoms with Crippen molar-refractivity contribution in [3.8, 4) is 0 Å². The quantitative estimate of drug-likeness (QED) is 0.360. The highest BCUT2D eigenvalue weighted by molar-refractivity contribution is 5.98. The summed E-state index contributed by atoms with van der Waals surface area (Å²) in [6, 6.07) is 0. The first-order valence-electron chi connectivity index (χ1n) is 10.4. The average Bonchev–Trinajstić information content (AvgIpc) is 3.52. The Morgan fingerprint density at radius 1 is 0.536 bits per heavy atom. The predicted octanol–water partition coefficient (Wildman–Crippen LogP) is 3.07. The predicted molar refractivity (Wildman–Crippen MR) is 100 cm³/mol. The fourth-order valence-corrected chi connectivity index (χ4v) is 5.40. The Morgan fingerprint density at radius 3 is 0.964 bits per heavy atom. The Morgan fingerprint density at radius 2 is 0.750 bits per heavy atom. The SMILES string of the molecule is CC.CC.O=C1OC(=O)[C@H]2C3C=CC(C3)[C@@H]12.O=C1OC(=O)[C@H]2C3C=CC(C3)[C@@H]12. The van der Waals surface area contributed by atoms with Crippen LogP contribution < -0.4 is 0 Å². The van der Waals surface area contributed by atoms with Crippen LogP contribution >= 0.6 is 0 Å². The number of fused-ring (bicyclic) bond motifs is 10. The largest absolute Gasteiger partial charge is 0.393 e. The molecule has 4 bridgehead atoms. The van der Waals surface area contributed by atoms with Crippen molar-refractivity contribution in [1.29, 1.82) is 0 Å². The average molecular weight is 388 g/mol. The van der Waals surface area contributed by atoms with Crippen LogP contribution in [-0.2, 0) is 28.7 Å². The lowest BCUT2D eigenvalue weighted by Crippen LogP contribution is -2.21. The third-order valence-electron chi connectivity index (χ3n) is 6.41. The fraction of sp³-hybridized carbons (Fsp3) is 0.636. The first-order valence-corrected chi connectivity index (χ1v) is 10.4. The van der Waals surface area contributed by atoms with Crippen LogP contribution in [0.4, 0.5) is 0 Å². The molecular weight excluding hydrogens is 360 g/mol. The summed E-state index contributed by atoms with van der Waals surface area (Å²) >= 11 is 0. The number of hydrogen-bond acceptors (Lipinski definition) is 6. The van der Waals surface area contributed by atoms with Gasteiger partial charge in [-0.1, -0.05) is 52.0 Å². The van der Waals surface area contributed by atoms with E-state index in [0.717, 1.165) is 12.8 Å². The second kappa shape index (κ2) is 8.02. The number of rotatable bonds is 0. The Hall–Kier alpha value is -2.24. The van der Waals surface area contributed by atoms with E-state index < -0.39 is 0 Å². The van der Waals surface area contributed by atoms with Gasteiger partial charge in [0.25, 0.3) is 0 Å². The standard InChI is InChI=1S/2C9H8O3.2C2H6/c2*10-8-6-4-1-2-5(3-4)7(6)9(11)12-8;2*1-2/h2*1-2,4-7H,3H2;2*1-2H3/t2*4?,5?,6-,7+;;. The summed E-state index contributed by atoms with van der Waals surface area (Å²) in [4.78, 5) is 44.7. The Labute approximate surface area is 165 Å². The van der Waals surface area contributed by atoms with Crippen LogP contribution in [0.1, 0.15) is 40.5 Å². The van der Waals surface area contributed by atoms with Crippen molar-refractivity contribution in [2.45, 2.75) is 40.5 Å². The van der Waals surface area contributed by atoms with E-state index in [4.69, 9.17) is 0 Å². The normalized spacial score (nSPS) is 41.9. The number of esters is 4. The van der Waals surface area contributed by atoms with Crippen molar-refractivity contribution in [3.05, 3.63) is 24.3 Å². The molecule has 0 amide bonds. The molecule has 2 saturated carbocycles. The minimum atomic E-state index is -0.304. The zero-order chi connectivity index (χ0) is 20.6. The van der Waals surface area contributed by atoms with Crippen molar-refractivity contribution in [1.82, 2.24) is 0 Å². The zero-order valence-corrected chi connectivity index (χ0v) is 16.8. The molecule has 0 spiro atoms. The van der Waals surface area contributed by atoms with E-state index in [1.807, 2.05) is 52.0 Å². The van der Waals surface area contributed by atoms with Crippen LogP contribution in [-0.4, -0.2) is 23.9 Å². The van der Waals surface area contributed by atoms with Gasteiger partial charge in [0, 0.05) is 0 Å². The summed E-state index contributed by atoms with van der Waals surface area (Å²) in [5, 5.41) is 0. The summed E-state index contributed by atoms with van der Waals surface area (Å²) in [6.07, 6.45) is 10.1. The minimum Gasteiger partial charge on any atom is -0.393 e. The van der Waals surface area contributed by atoms with Gasteiger partial charge in [0.05, 0.1) is 23.7 Å². The van der Waals surface area contributed by atoms with Crippen LogP contribution in [0.5, 0.6) is 0 Å². The first kappa shape index (κ1) is 20.5. The molecule has 152 valence electrons. The molecule has 0 aromatic carbocycles. The topological polar surface area (TPSA) is 86.7 Å². The summed E-state index contributed by atoms with van der Waals surface area (Å²) in [5.41, 5.74) is 0. The second-order valence-electron chi connectivity index (χ2n) is 7.48. The molecule has 0 N–H and O–H groups in total. The maximum atomic E-state index is 11.2. The molecule has 0 radical (unpaired) electrons. The number of carbonyl (C=O) groups excluding carboxylic acids is 4. The third kappa shape index (κ3) is 3.03. The van der Waals surface area contributed by atoms with E-state index in [0.29, 0.717) is 0 Å². The van der Waals surface area contributed by atoms with Gasteiger partial charge < -0.3 is 9.47 Å². The number of ether oxygens (including phenoxy) is 2. The van der Waals surface area contributed by atoms with E-state index in [2.05, 4.69) is 9.47 Å². The molecule has 0 aromatic heterocycles. The van der Waals surface area contributed by atoms with Gasteiger partial charge in [-0.2, -0.15) is 0 Å². The Bertz CT molecular complexity index is 617. The fourth-order valence-electron chi connectivity index (χ4n) is 5.40. The molecule has 6 aliphatic rings. The zero-order valence-electron chi connectivity index (χ0n) is 16.8. The van der Waals surface area contributed by atoms with E-state index in [1.54, 1.807) is 0 Å². The van der Waals surface area contributed by atoms with Crippen LogP contribution in [0, 0.1) is 47.3 Å². The monoisotopic (exact) mass is 388 g/mol. The van der Waals surface area contributed by atoms with Gasteiger partial charge in [0.2, 0.25) is 0 Å². The molecule has 6 nitrogen and oxygen atoms in total. The highest BCUT2D eigenvalue weighted by Crippen LogP contribution is 2.52. The summed E-state index contributed by atoms with van der Waals surface area (Å²) < 4.78 is 9.18. The van der Waals surface area contributed by atoms with Crippen LogP contribution in [0.3, 0.4) is 0 Å². The van der Waals surface area contributed by atoms with Crippen molar-refractivity contribution < 1.29 is 28.7 Å². The molecule has 28 heavy (non-hydrogen) atoms. The van der Waals surface area contributed by atoms with Crippen molar-refractivity contribution in [2.75, 3.05) is 0 Å². The maximum Gasteiger partial charge on any atom is 0.318 e. The smallest absolute Gasteiger partial charge is 0.318 e. The maximum absolute atomic E-state index is 11.2. The second-order valence-corrected chi connectivity index (χ2v) is 7.48. The number of allylic oxidation sites excluding steroid dienone is 4. The van der Waals surface area contributed by atoms with Gasteiger partial charge in [0.1, 0.15) is 0 Å². The van der Waals surface area contributed by atoms with E-state index >= 15 is 0 Å². The number of cyclic esters (lactones) is 4. The van der Waals surface area contributed by atoms with Crippen molar-refractivity contribution in [3.63, 3.8) is 0 Å².